The number of aromatic nitrogens is 3. The van der Waals surface area contributed by atoms with Crippen molar-refractivity contribution in [2.24, 2.45) is 0 Å². The Balaban J connectivity index is 1.45. The first kappa shape index (κ1) is 24.9. The molecule has 5 heterocycles. The number of halogens is 2. The molecule has 3 fully saturated rings. The van der Waals surface area contributed by atoms with Gasteiger partial charge < -0.3 is 25.0 Å². The van der Waals surface area contributed by atoms with Crippen LogP contribution in [0.3, 0.4) is 0 Å². The van der Waals surface area contributed by atoms with Gasteiger partial charge in [0.05, 0.1) is 47.9 Å². The SMILES string of the molecule is CC(C)c1c(C2(O)CC3CCC2O3)cnc2c(F)cc(-c3nc(N[C@@H]4CCOC[C@H]4O)ncc3Cl)cc12. The molecule has 3 aliphatic heterocycles. The third kappa shape index (κ3) is 4.27. The summed E-state index contributed by atoms with van der Waals surface area (Å²) in [7, 11) is 0. The Labute approximate surface area is 219 Å². The van der Waals surface area contributed by atoms with Crippen LogP contribution in [0.4, 0.5) is 10.3 Å². The van der Waals surface area contributed by atoms with Gasteiger partial charge in [0.2, 0.25) is 5.95 Å². The Kier molecular flexibility index (Phi) is 6.32. The first-order chi connectivity index (χ1) is 17.7. The average Bonchev–Trinajstić information content (AvgIpc) is 3.47. The molecule has 3 N–H and O–H groups in total. The minimum Gasteiger partial charge on any atom is -0.389 e. The molecule has 2 bridgehead atoms. The molecule has 0 radical (unpaired) electrons. The first-order valence-electron chi connectivity index (χ1n) is 12.8. The molecular formula is C27H30ClFN4O4. The molecule has 3 unspecified atom stereocenters. The highest BCUT2D eigenvalue weighted by Gasteiger charge is 2.53. The Morgan fingerprint density at radius 1 is 1.19 bits per heavy atom. The van der Waals surface area contributed by atoms with Gasteiger partial charge in [-0.25, -0.2) is 14.4 Å². The van der Waals surface area contributed by atoms with Crippen molar-refractivity contribution in [3.05, 3.63) is 46.5 Å². The highest BCUT2D eigenvalue weighted by atomic mass is 35.5. The van der Waals surface area contributed by atoms with Crippen LogP contribution in [0.2, 0.25) is 5.02 Å². The van der Waals surface area contributed by atoms with E-state index in [0.717, 1.165) is 18.4 Å². The van der Waals surface area contributed by atoms with Gasteiger partial charge in [-0.15, -0.1) is 0 Å². The van der Waals surface area contributed by atoms with Gasteiger partial charge in [0.1, 0.15) is 16.9 Å². The third-order valence-electron chi connectivity index (χ3n) is 7.85. The molecule has 0 spiro atoms. The van der Waals surface area contributed by atoms with E-state index in [4.69, 9.17) is 21.1 Å². The second-order valence-electron chi connectivity index (χ2n) is 10.6. The minimum absolute atomic E-state index is 0.00796. The molecule has 5 atom stereocenters. The van der Waals surface area contributed by atoms with Crippen molar-refractivity contribution in [1.29, 1.82) is 0 Å². The number of ether oxygens (including phenoxy) is 2. The van der Waals surface area contributed by atoms with Crippen molar-refractivity contribution in [3.63, 3.8) is 0 Å². The number of nitrogens with zero attached hydrogens (tertiary/aromatic N) is 3. The molecule has 3 aromatic rings. The fourth-order valence-electron chi connectivity index (χ4n) is 6.05. The number of hydrogen-bond donors (Lipinski definition) is 3. The molecular weight excluding hydrogens is 499 g/mol. The summed E-state index contributed by atoms with van der Waals surface area (Å²) in [6, 6.07) is 2.94. The number of aliphatic hydroxyl groups excluding tert-OH is 1. The topological polar surface area (TPSA) is 110 Å². The maximum atomic E-state index is 15.5. The number of pyridine rings is 1. The fourth-order valence-corrected chi connectivity index (χ4v) is 6.25. The quantitative estimate of drug-likeness (QED) is 0.449. The molecule has 8 nitrogen and oxygen atoms in total. The monoisotopic (exact) mass is 528 g/mol. The molecule has 0 amide bonds. The lowest BCUT2D eigenvalue weighted by Crippen LogP contribution is -2.42. The number of nitrogens with one attached hydrogen (secondary N) is 1. The van der Waals surface area contributed by atoms with E-state index in [1.54, 1.807) is 6.20 Å². The van der Waals surface area contributed by atoms with Crippen LogP contribution in [-0.4, -0.2) is 62.7 Å². The van der Waals surface area contributed by atoms with E-state index in [9.17, 15) is 10.2 Å². The molecule has 3 saturated heterocycles. The molecule has 0 aliphatic carbocycles. The number of hydrogen-bond acceptors (Lipinski definition) is 8. The molecule has 0 saturated carbocycles. The van der Waals surface area contributed by atoms with Crippen LogP contribution in [0, 0.1) is 5.82 Å². The van der Waals surface area contributed by atoms with Gasteiger partial charge in [-0.3, -0.25) is 4.98 Å². The molecule has 196 valence electrons. The number of benzene rings is 1. The highest BCUT2D eigenvalue weighted by Crippen LogP contribution is 2.50. The summed E-state index contributed by atoms with van der Waals surface area (Å²) in [5.74, 6) is -0.220. The summed E-state index contributed by atoms with van der Waals surface area (Å²) >= 11 is 6.49. The van der Waals surface area contributed by atoms with E-state index < -0.39 is 17.5 Å². The van der Waals surface area contributed by atoms with Gasteiger partial charge in [-0.1, -0.05) is 25.4 Å². The Bertz CT molecular complexity index is 1360. The van der Waals surface area contributed by atoms with Gasteiger partial charge in [0.25, 0.3) is 0 Å². The normalized spacial score (nSPS) is 29.4. The van der Waals surface area contributed by atoms with E-state index in [0.29, 0.717) is 41.7 Å². The van der Waals surface area contributed by atoms with Crippen LogP contribution in [0.25, 0.3) is 22.2 Å². The van der Waals surface area contributed by atoms with Crippen LogP contribution < -0.4 is 5.32 Å². The number of aliphatic hydroxyl groups is 2. The van der Waals surface area contributed by atoms with Crippen LogP contribution in [0.15, 0.2) is 24.5 Å². The zero-order valence-corrected chi connectivity index (χ0v) is 21.5. The van der Waals surface area contributed by atoms with Gasteiger partial charge in [-0.2, -0.15) is 0 Å². The lowest BCUT2D eigenvalue weighted by molar-refractivity contribution is -0.0342. The second kappa shape index (κ2) is 9.39. The maximum Gasteiger partial charge on any atom is 0.223 e. The predicted octanol–water partition coefficient (Wildman–Crippen LogP) is 4.31. The van der Waals surface area contributed by atoms with Gasteiger partial charge >= 0.3 is 0 Å². The van der Waals surface area contributed by atoms with Crippen molar-refractivity contribution in [3.8, 4) is 11.3 Å². The summed E-state index contributed by atoms with van der Waals surface area (Å²) in [6.45, 7) is 4.82. The van der Waals surface area contributed by atoms with Crippen molar-refractivity contribution in [2.45, 2.75) is 75.4 Å². The molecule has 10 heteroatoms. The van der Waals surface area contributed by atoms with Gasteiger partial charge in [0, 0.05) is 35.7 Å². The van der Waals surface area contributed by atoms with Crippen molar-refractivity contribution >= 4 is 28.5 Å². The highest BCUT2D eigenvalue weighted by molar-refractivity contribution is 6.33. The molecule has 2 aromatic heterocycles. The Hall–Kier alpha value is -2.43. The summed E-state index contributed by atoms with van der Waals surface area (Å²) < 4.78 is 26.8. The van der Waals surface area contributed by atoms with E-state index in [-0.39, 0.29) is 47.3 Å². The maximum absolute atomic E-state index is 15.5. The van der Waals surface area contributed by atoms with E-state index in [1.165, 1.54) is 12.3 Å². The number of anilines is 1. The van der Waals surface area contributed by atoms with Gasteiger partial charge in [0.15, 0.2) is 0 Å². The number of fused-ring (bicyclic) bond motifs is 3. The summed E-state index contributed by atoms with van der Waals surface area (Å²) in [6.07, 6.45) is 4.99. The Morgan fingerprint density at radius 3 is 2.73 bits per heavy atom. The fraction of sp³-hybridized carbons (Fsp3) is 0.519. The number of rotatable bonds is 5. The van der Waals surface area contributed by atoms with Crippen LogP contribution in [0.5, 0.6) is 0 Å². The standard InChI is InChI=1S/C27H30ClFN4O4/c1-13(2)23-16-7-14(24-18(28)11-31-26(33-24)32-20-5-6-36-12-21(20)34)8-19(29)25(16)30-10-17(23)27(35)9-15-3-4-22(27)37-15/h7-8,10-11,13,15,20-22,34-35H,3-6,9,12H2,1-2H3,(H,31,32,33)/t15?,20-,21-,22?,27?/m1/s1. The van der Waals surface area contributed by atoms with Crippen molar-refractivity contribution < 1.29 is 24.1 Å². The summed E-state index contributed by atoms with van der Waals surface area (Å²) in [5.41, 5.74) is 1.47. The zero-order chi connectivity index (χ0) is 25.9. The van der Waals surface area contributed by atoms with Gasteiger partial charge in [-0.05, 0) is 42.9 Å². The third-order valence-corrected chi connectivity index (χ3v) is 8.12. The van der Waals surface area contributed by atoms with Crippen molar-refractivity contribution in [1.82, 2.24) is 15.0 Å². The lowest BCUT2D eigenvalue weighted by Gasteiger charge is -2.33. The van der Waals surface area contributed by atoms with E-state index >= 15 is 4.39 Å². The first-order valence-corrected chi connectivity index (χ1v) is 13.2. The van der Waals surface area contributed by atoms with Crippen LogP contribution in [-0.2, 0) is 15.1 Å². The van der Waals surface area contributed by atoms with Crippen LogP contribution >= 0.6 is 11.6 Å². The van der Waals surface area contributed by atoms with Crippen molar-refractivity contribution in [2.75, 3.05) is 18.5 Å². The van der Waals surface area contributed by atoms with E-state index in [2.05, 4.69) is 20.3 Å². The second-order valence-corrected chi connectivity index (χ2v) is 11.0. The predicted molar refractivity (Wildman–Crippen MR) is 137 cm³/mol. The van der Waals surface area contributed by atoms with E-state index in [1.807, 2.05) is 19.9 Å². The molecule has 6 rings (SSSR count). The zero-order valence-electron chi connectivity index (χ0n) is 20.7. The summed E-state index contributed by atoms with van der Waals surface area (Å²) in [4.78, 5) is 13.3. The smallest absolute Gasteiger partial charge is 0.223 e. The van der Waals surface area contributed by atoms with Crippen LogP contribution in [0.1, 0.15) is 56.6 Å². The Morgan fingerprint density at radius 2 is 2.03 bits per heavy atom. The molecule has 37 heavy (non-hydrogen) atoms. The average molecular weight is 529 g/mol. The summed E-state index contributed by atoms with van der Waals surface area (Å²) in [5, 5.41) is 26.0. The molecule has 3 aliphatic rings. The largest absolute Gasteiger partial charge is 0.389 e. The lowest BCUT2D eigenvalue weighted by atomic mass is 9.76. The minimum atomic E-state index is -1.15. The molecule has 1 aromatic carbocycles.